The molecule has 0 aliphatic carbocycles. The van der Waals surface area contributed by atoms with Crippen LogP contribution in [0.5, 0.6) is 0 Å². The summed E-state index contributed by atoms with van der Waals surface area (Å²) in [6.07, 6.45) is 1.60. The van der Waals surface area contributed by atoms with E-state index >= 15 is 0 Å². The Kier molecular flexibility index (Phi) is 1.79. The number of nitrogens with zero attached hydrogens (tertiary/aromatic N) is 3. The average molecular weight is 127 g/mol. The van der Waals surface area contributed by atoms with Crippen molar-refractivity contribution in [3.63, 3.8) is 0 Å². The van der Waals surface area contributed by atoms with Gasteiger partial charge in [-0.1, -0.05) is 0 Å². The molecule has 0 atom stereocenters. The fraction of sp³-hybridized carbons (Fsp3) is 0.600. The zero-order valence-electron chi connectivity index (χ0n) is 5.28. The number of hydrogen-bond donors (Lipinski definition) is 1. The minimum atomic E-state index is -0.0764. The van der Waals surface area contributed by atoms with Gasteiger partial charge in [0.15, 0.2) is 5.82 Å². The first-order chi connectivity index (χ1) is 4.36. The molecule has 0 aliphatic rings. The first-order valence-corrected chi connectivity index (χ1v) is 2.86. The number of aryl methyl sites for hydroxylation is 1. The van der Waals surface area contributed by atoms with Crippen LogP contribution >= 0.6 is 0 Å². The molecular weight excluding hydrogens is 118 g/mol. The lowest BCUT2D eigenvalue weighted by Gasteiger charge is -1.87. The highest BCUT2D eigenvalue weighted by molar-refractivity contribution is 4.76. The minimum absolute atomic E-state index is 0.0764. The Bertz CT molecular complexity index is 166. The van der Waals surface area contributed by atoms with E-state index in [0.29, 0.717) is 5.82 Å². The summed E-state index contributed by atoms with van der Waals surface area (Å²) in [6, 6.07) is 0. The lowest BCUT2D eigenvalue weighted by atomic mass is 10.7. The highest BCUT2D eigenvalue weighted by Crippen LogP contribution is 1.87. The van der Waals surface area contributed by atoms with Gasteiger partial charge < -0.3 is 5.11 Å². The zero-order valence-corrected chi connectivity index (χ0v) is 5.28. The molecule has 0 unspecified atom stereocenters. The molecule has 1 rings (SSSR count). The average Bonchev–Trinajstić information content (AvgIpc) is 2.34. The molecule has 0 amide bonds. The third-order valence-corrected chi connectivity index (χ3v) is 1.05. The van der Waals surface area contributed by atoms with E-state index in [4.69, 9.17) is 5.11 Å². The van der Waals surface area contributed by atoms with Crippen molar-refractivity contribution in [2.45, 2.75) is 20.1 Å². The second kappa shape index (κ2) is 2.59. The summed E-state index contributed by atoms with van der Waals surface area (Å²) in [5, 5.41) is 12.4. The van der Waals surface area contributed by atoms with Crippen molar-refractivity contribution in [3.05, 3.63) is 12.2 Å². The van der Waals surface area contributed by atoms with Crippen molar-refractivity contribution >= 4 is 0 Å². The van der Waals surface area contributed by atoms with Crippen LogP contribution in [0.1, 0.15) is 12.7 Å². The van der Waals surface area contributed by atoms with Crippen LogP contribution in [-0.2, 0) is 13.2 Å². The Hall–Kier alpha value is -0.900. The molecule has 0 aliphatic heterocycles. The molecule has 1 N–H and O–H groups in total. The number of hydrogen-bond acceptors (Lipinski definition) is 3. The fourth-order valence-corrected chi connectivity index (χ4v) is 0.558. The van der Waals surface area contributed by atoms with Gasteiger partial charge in [0.1, 0.15) is 12.9 Å². The largest absolute Gasteiger partial charge is 0.388 e. The lowest BCUT2D eigenvalue weighted by molar-refractivity contribution is 0.270. The SMILES string of the molecule is CCn1cnc(CO)n1. The van der Waals surface area contributed by atoms with Crippen molar-refractivity contribution in [3.8, 4) is 0 Å². The normalized spacial score (nSPS) is 10.0. The van der Waals surface area contributed by atoms with E-state index < -0.39 is 0 Å². The highest BCUT2D eigenvalue weighted by atomic mass is 16.3. The summed E-state index contributed by atoms with van der Waals surface area (Å²) in [5.74, 6) is 0.483. The number of rotatable bonds is 2. The Morgan fingerprint density at radius 1 is 1.78 bits per heavy atom. The third-order valence-electron chi connectivity index (χ3n) is 1.05. The Balaban J connectivity index is 2.74. The molecule has 1 aromatic heterocycles. The van der Waals surface area contributed by atoms with Crippen LogP contribution in [0, 0.1) is 0 Å². The Labute approximate surface area is 53.1 Å². The van der Waals surface area contributed by atoms with E-state index in [1.165, 1.54) is 0 Å². The van der Waals surface area contributed by atoms with Crippen LogP contribution in [0.3, 0.4) is 0 Å². The maximum Gasteiger partial charge on any atom is 0.175 e. The molecule has 0 fully saturated rings. The van der Waals surface area contributed by atoms with Gasteiger partial charge in [-0.05, 0) is 6.92 Å². The molecule has 1 aromatic rings. The van der Waals surface area contributed by atoms with Gasteiger partial charge in [0.25, 0.3) is 0 Å². The van der Waals surface area contributed by atoms with Crippen molar-refractivity contribution < 1.29 is 5.11 Å². The molecule has 0 spiro atoms. The molecule has 0 saturated carbocycles. The van der Waals surface area contributed by atoms with E-state index in [1.54, 1.807) is 11.0 Å². The maximum atomic E-state index is 8.51. The van der Waals surface area contributed by atoms with E-state index in [1.807, 2.05) is 6.92 Å². The molecule has 4 heteroatoms. The fourth-order valence-electron chi connectivity index (χ4n) is 0.558. The van der Waals surface area contributed by atoms with Gasteiger partial charge in [0, 0.05) is 6.54 Å². The van der Waals surface area contributed by atoms with Crippen molar-refractivity contribution in [1.29, 1.82) is 0 Å². The van der Waals surface area contributed by atoms with E-state index in [2.05, 4.69) is 10.1 Å². The smallest absolute Gasteiger partial charge is 0.175 e. The van der Waals surface area contributed by atoms with Gasteiger partial charge in [-0.25, -0.2) is 4.98 Å². The van der Waals surface area contributed by atoms with Crippen LogP contribution in [0.25, 0.3) is 0 Å². The topological polar surface area (TPSA) is 50.9 Å². The number of aliphatic hydroxyl groups is 1. The van der Waals surface area contributed by atoms with E-state index in [-0.39, 0.29) is 6.61 Å². The first-order valence-electron chi connectivity index (χ1n) is 2.86. The molecule has 9 heavy (non-hydrogen) atoms. The molecular formula is C5H9N3O. The van der Waals surface area contributed by atoms with Gasteiger partial charge >= 0.3 is 0 Å². The predicted octanol–water partition coefficient (Wildman–Crippen LogP) is -0.210. The molecule has 0 radical (unpaired) electrons. The summed E-state index contributed by atoms with van der Waals surface area (Å²) in [4.78, 5) is 3.81. The second-order valence-electron chi connectivity index (χ2n) is 1.67. The summed E-state index contributed by atoms with van der Waals surface area (Å²) >= 11 is 0. The maximum absolute atomic E-state index is 8.51. The summed E-state index contributed by atoms with van der Waals surface area (Å²) < 4.78 is 1.67. The standard InChI is InChI=1S/C5H9N3O/c1-2-8-4-6-5(3-9)7-8/h4,9H,2-3H2,1H3. The highest BCUT2D eigenvalue weighted by Gasteiger charge is 1.93. The molecule has 50 valence electrons. The van der Waals surface area contributed by atoms with Crippen LogP contribution in [0.4, 0.5) is 0 Å². The first kappa shape index (κ1) is 6.22. The van der Waals surface area contributed by atoms with Crippen molar-refractivity contribution in [2.75, 3.05) is 0 Å². The van der Waals surface area contributed by atoms with Crippen LogP contribution in [0.2, 0.25) is 0 Å². The molecule has 0 aromatic carbocycles. The van der Waals surface area contributed by atoms with Gasteiger partial charge in [-0.2, -0.15) is 5.10 Å². The zero-order chi connectivity index (χ0) is 6.69. The van der Waals surface area contributed by atoms with Crippen LogP contribution in [0.15, 0.2) is 6.33 Å². The molecule has 0 saturated heterocycles. The third kappa shape index (κ3) is 1.26. The van der Waals surface area contributed by atoms with Crippen molar-refractivity contribution in [1.82, 2.24) is 14.8 Å². The molecule has 1 heterocycles. The van der Waals surface area contributed by atoms with Gasteiger partial charge in [-0.3, -0.25) is 4.68 Å². The van der Waals surface area contributed by atoms with Crippen molar-refractivity contribution in [2.24, 2.45) is 0 Å². The minimum Gasteiger partial charge on any atom is -0.388 e. The monoisotopic (exact) mass is 127 g/mol. The van der Waals surface area contributed by atoms with Crippen LogP contribution in [-0.4, -0.2) is 19.9 Å². The Morgan fingerprint density at radius 3 is 2.89 bits per heavy atom. The lowest BCUT2D eigenvalue weighted by Crippen LogP contribution is -1.95. The van der Waals surface area contributed by atoms with E-state index in [9.17, 15) is 0 Å². The van der Waals surface area contributed by atoms with Gasteiger partial charge in [0.05, 0.1) is 0 Å². The van der Waals surface area contributed by atoms with Crippen LogP contribution < -0.4 is 0 Å². The second-order valence-corrected chi connectivity index (χ2v) is 1.67. The summed E-state index contributed by atoms with van der Waals surface area (Å²) in [5.41, 5.74) is 0. The van der Waals surface area contributed by atoms with Gasteiger partial charge in [0.2, 0.25) is 0 Å². The Morgan fingerprint density at radius 2 is 2.56 bits per heavy atom. The summed E-state index contributed by atoms with van der Waals surface area (Å²) in [6.45, 7) is 2.69. The van der Waals surface area contributed by atoms with E-state index in [0.717, 1.165) is 6.54 Å². The number of aromatic nitrogens is 3. The quantitative estimate of drug-likeness (QED) is 0.598. The molecule has 4 nitrogen and oxygen atoms in total. The number of aliphatic hydroxyl groups excluding tert-OH is 1. The summed E-state index contributed by atoms with van der Waals surface area (Å²) in [7, 11) is 0. The predicted molar refractivity (Wildman–Crippen MR) is 31.6 cm³/mol. The van der Waals surface area contributed by atoms with Gasteiger partial charge in [-0.15, -0.1) is 0 Å². The molecule has 0 bridgehead atoms.